The van der Waals surface area contributed by atoms with Crippen molar-refractivity contribution in [3.05, 3.63) is 23.8 Å². The third-order valence-electron chi connectivity index (χ3n) is 3.22. The van der Waals surface area contributed by atoms with Gasteiger partial charge >= 0.3 is 0 Å². The summed E-state index contributed by atoms with van der Waals surface area (Å²) >= 11 is 0. The molecule has 0 aromatic heterocycles. The summed E-state index contributed by atoms with van der Waals surface area (Å²) in [7, 11) is 0. The fourth-order valence-corrected chi connectivity index (χ4v) is 2.33. The van der Waals surface area contributed by atoms with Crippen LogP contribution in [0.4, 0.5) is 0 Å². The molecule has 3 heteroatoms. The molecule has 1 heterocycles. The van der Waals surface area contributed by atoms with E-state index in [1.807, 2.05) is 6.07 Å². The molecule has 1 atom stereocenters. The van der Waals surface area contributed by atoms with Gasteiger partial charge < -0.3 is 14.8 Å². The number of hydrogen-bond acceptors (Lipinski definition) is 3. The summed E-state index contributed by atoms with van der Waals surface area (Å²) < 4.78 is 11.4. The van der Waals surface area contributed by atoms with Crippen molar-refractivity contribution in [2.75, 3.05) is 19.8 Å². The molecule has 1 aliphatic rings. The third kappa shape index (κ3) is 2.96. The Morgan fingerprint density at radius 1 is 1.17 bits per heavy atom. The van der Waals surface area contributed by atoms with Crippen molar-refractivity contribution in [1.82, 2.24) is 5.32 Å². The van der Waals surface area contributed by atoms with Gasteiger partial charge in [0.05, 0.1) is 13.2 Å². The second-order valence-electron chi connectivity index (χ2n) is 5.04. The molecular weight excluding hydrogens is 226 g/mol. The summed E-state index contributed by atoms with van der Waals surface area (Å²) in [6.07, 6.45) is 0.949. The maximum absolute atomic E-state index is 5.74. The molecule has 0 spiro atoms. The zero-order valence-corrected chi connectivity index (χ0v) is 11.5. The van der Waals surface area contributed by atoms with E-state index in [1.165, 1.54) is 5.56 Å². The van der Waals surface area contributed by atoms with Crippen LogP contribution in [0.15, 0.2) is 18.2 Å². The average Bonchev–Trinajstić information content (AvgIpc) is 2.59. The molecule has 2 rings (SSSR count). The summed E-state index contributed by atoms with van der Waals surface area (Å²) in [5.74, 6) is 2.30. The Hall–Kier alpha value is -1.22. The number of hydrogen-bond donors (Lipinski definition) is 1. The van der Waals surface area contributed by atoms with Crippen LogP contribution in [0.3, 0.4) is 0 Å². The Bertz CT molecular complexity index is 390. The highest BCUT2D eigenvalue weighted by atomic mass is 16.5. The molecule has 0 radical (unpaired) electrons. The summed E-state index contributed by atoms with van der Waals surface area (Å²) in [4.78, 5) is 0. The second kappa shape index (κ2) is 6.10. The molecule has 0 saturated carbocycles. The van der Waals surface area contributed by atoms with E-state index in [4.69, 9.17) is 9.47 Å². The summed E-state index contributed by atoms with van der Waals surface area (Å²) in [5, 5.41) is 3.52. The lowest BCUT2D eigenvalue weighted by Gasteiger charge is -2.23. The Balaban J connectivity index is 2.25. The minimum Gasteiger partial charge on any atom is -0.490 e. The highest BCUT2D eigenvalue weighted by Crippen LogP contribution is 2.33. The zero-order chi connectivity index (χ0) is 13.0. The van der Waals surface area contributed by atoms with Crippen molar-refractivity contribution in [1.29, 1.82) is 0 Å². The van der Waals surface area contributed by atoms with Gasteiger partial charge in [-0.15, -0.1) is 0 Å². The molecule has 18 heavy (non-hydrogen) atoms. The first-order chi connectivity index (χ1) is 8.72. The van der Waals surface area contributed by atoms with Crippen LogP contribution in [0.25, 0.3) is 0 Å². The molecule has 0 bridgehead atoms. The standard InChI is InChI=1S/C15H23NO2/c1-4-16-15(11(2)3)12-6-7-13-14(10-12)18-9-5-8-17-13/h6-7,10-11,15-16H,4-5,8-9H2,1-3H3. The van der Waals surface area contributed by atoms with Crippen molar-refractivity contribution in [2.24, 2.45) is 5.92 Å². The van der Waals surface area contributed by atoms with E-state index in [2.05, 4.69) is 38.2 Å². The van der Waals surface area contributed by atoms with Crippen molar-refractivity contribution in [3.63, 3.8) is 0 Å². The SMILES string of the molecule is CCNC(c1ccc2c(c1)OCCCO2)C(C)C. The first-order valence-corrected chi connectivity index (χ1v) is 6.85. The Labute approximate surface area is 109 Å². The number of fused-ring (bicyclic) bond motifs is 1. The normalized spacial score (nSPS) is 16.4. The average molecular weight is 249 g/mol. The molecular formula is C15H23NO2. The van der Waals surface area contributed by atoms with Gasteiger partial charge in [-0.1, -0.05) is 26.8 Å². The predicted molar refractivity (Wildman–Crippen MR) is 73.3 cm³/mol. The van der Waals surface area contributed by atoms with Gasteiger partial charge in [0, 0.05) is 12.5 Å². The van der Waals surface area contributed by atoms with Crippen LogP contribution < -0.4 is 14.8 Å². The van der Waals surface area contributed by atoms with Crippen LogP contribution in [0.2, 0.25) is 0 Å². The molecule has 0 aliphatic carbocycles. The molecule has 0 fully saturated rings. The molecule has 1 aromatic carbocycles. The van der Waals surface area contributed by atoms with Crippen molar-refractivity contribution in [3.8, 4) is 11.5 Å². The van der Waals surface area contributed by atoms with Gasteiger partial charge in [-0.05, 0) is 30.2 Å². The van der Waals surface area contributed by atoms with Gasteiger partial charge in [0.25, 0.3) is 0 Å². The topological polar surface area (TPSA) is 30.5 Å². The quantitative estimate of drug-likeness (QED) is 0.889. The Morgan fingerprint density at radius 2 is 1.89 bits per heavy atom. The Morgan fingerprint density at radius 3 is 2.56 bits per heavy atom. The van der Waals surface area contributed by atoms with E-state index in [9.17, 15) is 0 Å². The molecule has 100 valence electrons. The number of rotatable bonds is 4. The van der Waals surface area contributed by atoms with Crippen molar-refractivity contribution in [2.45, 2.75) is 33.2 Å². The minimum absolute atomic E-state index is 0.368. The zero-order valence-electron chi connectivity index (χ0n) is 11.5. The molecule has 0 amide bonds. The van der Waals surface area contributed by atoms with Gasteiger partial charge in [0.15, 0.2) is 11.5 Å². The van der Waals surface area contributed by atoms with E-state index < -0.39 is 0 Å². The molecule has 0 saturated heterocycles. The maximum Gasteiger partial charge on any atom is 0.161 e. The second-order valence-corrected chi connectivity index (χ2v) is 5.04. The first kappa shape index (κ1) is 13.2. The highest BCUT2D eigenvalue weighted by Gasteiger charge is 2.18. The lowest BCUT2D eigenvalue weighted by atomic mass is 9.95. The maximum atomic E-state index is 5.74. The van der Waals surface area contributed by atoms with Crippen LogP contribution in [0.5, 0.6) is 11.5 Å². The summed E-state index contributed by atoms with van der Waals surface area (Å²) in [6, 6.07) is 6.66. The lowest BCUT2D eigenvalue weighted by molar-refractivity contribution is 0.296. The van der Waals surface area contributed by atoms with E-state index in [0.29, 0.717) is 12.0 Å². The van der Waals surface area contributed by atoms with Gasteiger partial charge in [-0.3, -0.25) is 0 Å². The highest BCUT2D eigenvalue weighted by molar-refractivity contribution is 5.44. The molecule has 1 aliphatic heterocycles. The number of nitrogens with one attached hydrogen (secondary N) is 1. The predicted octanol–water partition coefficient (Wildman–Crippen LogP) is 3.15. The monoisotopic (exact) mass is 249 g/mol. The molecule has 3 nitrogen and oxygen atoms in total. The van der Waals surface area contributed by atoms with Crippen LogP contribution in [0, 0.1) is 5.92 Å². The van der Waals surface area contributed by atoms with Gasteiger partial charge in [-0.2, -0.15) is 0 Å². The van der Waals surface area contributed by atoms with Gasteiger partial charge in [0.1, 0.15) is 0 Å². The smallest absolute Gasteiger partial charge is 0.161 e. The van der Waals surface area contributed by atoms with E-state index in [0.717, 1.165) is 37.7 Å². The third-order valence-corrected chi connectivity index (χ3v) is 3.22. The molecule has 1 N–H and O–H groups in total. The number of benzene rings is 1. The summed E-state index contributed by atoms with van der Waals surface area (Å²) in [5.41, 5.74) is 1.27. The van der Waals surface area contributed by atoms with E-state index >= 15 is 0 Å². The van der Waals surface area contributed by atoms with Crippen LogP contribution in [-0.2, 0) is 0 Å². The van der Waals surface area contributed by atoms with Crippen LogP contribution in [0.1, 0.15) is 38.8 Å². The Kier molecular flexibility index (Phi) is 4.48. The molecule has 1 unspecified atom stereocenters. The van der Waals surface area contributed by atoms with Crippen molar-refractivity contribution < 1.29 is 9.47 Å². The minimum atomic E-state index is 0.368. The van der Waals surface area contributed by atoms with Gasteiger partial charge in [-0.25, -0.2) is 0 Å². The van der Waals surface area contributed by atoms with Crippen LogP contribution in [-0.4, -0.2) is 19.8 Å². The van der Waals surface area contributed by atoms with Gasteiger partial charge in [0.2, 0.25) is 0 Å². The van der Waals surface area contributed by atoms with E-state index in [-0.39, 0.29) is 0 Å². The largest absolute Gasteiger partial charge is 0.490 e. The van der Waals surface area contributed by atoms with E-state index in [1.54, 1.807) is 0 Å². The summed E-state index contributed by atoms with van der Waals surface area (Å²) in [6.45, 7) is 9.06. The number of ether oxygens (including phenoxy) is 2. The fourth-order valence-electron chi connectivity index (χ4n) is 2.33. The van der Waals surface area contributed by atoms with Crippen LogP contribution >= 0.6 is 0 Å². The lowest BCUT2D eigenvalue weighted by Crippen LogP contribution is -2.25. The van der Waals surface area contributed by atoms with Crippen molar-refractivity contribution >= 4 is 0 Å². The molecule has 1 aromatic rings. The first-order valence-electron chi connectivity index (χ1n) is 6.85. The fraction of sp³-hybridized carbons (Fsp3) is 0.600.